The van der Waals surface area contributed by atoms with Crippen molar-refractivity contribution in [3.63, 3.8) is 0 Å². The molecule has 0 aromatic heterocycles. The molecule has 1 aromatic rings. The summed E-state index contributed by atoms with van der Waals surface area (Å²) in [5.41, 5.74) is 0.703. The van der Waals surface area contributed by atoms with Crippen LogP contribution in [0.4, 0.5) is 10.5 Å². The molecule has 0 saturated heterocycles. The Kier molecular flexibility index (Phi) is 4.71. The van der Waals surface area contributed by atoms with Crippen LogP contribution in [0.3, 0.4) is 0 Å². The van der Waals surface area contributed by atoms with E-state index in [-0.39, 0.29) is 6.61 Å². The molecule has 0 saturated carbocycles. The number of carbonyl (C=O) groups excluding carboxylic acids is 1. The number of para-hydroxylation sites is 1. The number of allylic oxidation sites excluding steroid dienone is 1. The van der Waals surface area contributed by atoms with Gasteiger partial charge in [0.2, 0.25) is 0 Å². The highest BCUT2D eigenvalue weighted by Crippen LogP contribution is 2.05. The Hall–Kier alpha value is -1.48. The van der Waals surface area contributed by atoms with Crippen LogP contribution in [0.25, 0.3) is 0 Å². The van der Waals surface area contributed by atoms with Crippen LogP contribution in [-0.4, -0.2) is 12.7 Å². The Morgan fingerprint density at radius 3 is 2.73 bits per heavy atom. The van der Waals surface area contributed by atoms with Crippen LogP contribution in [0.1, 0.15) is 6.92 Å². The van der Waals surface area contributed by atoms with Crippen molar-refractivity contribution in [1.29, 1.82) is 0 Å². The highest BCUT2D eigenvalue weighted by atomic mass is 35.5. The van der Waals surface area contributed by atoms with E-state index in [0.717, 1.165) is 0 Å². The summed E-state index contributed by atoms with van der Waals surface area (Å²) in [5, 5.41) is 3.18. The van der Waals surface area contributed by atoms with E-state index in [2.05, 4.69) is 5.32 Å². The first-order valence-electron chi connectivity index (χ1n) is 4.49. The molecule has 0 unspecified atom stereocenters. The van der Waals surface area contributed by atoms with Gasteiger partial charge in [0, 0.05) is 10.7 Å². The first kappa shape index (κ1) is 11.6. The lowest BCUT2D eigenvalue weighted by Gasteiger charge is -2.04. The number of amides is 1. The third-order valence-electron chi connectivity index (χ3n) is 1.60. The third-order valence-corrected chi connectivity index (χ3v) is 1.75. The minimum absolute atomic E-state index is 0.175. The number of nitrogens with one attached hydrogen (secondary N) is 1. The SMILES string of the molecule is C/C(Cl)=C/COC(=O)Nc1ccccc1. The van der Waals surface area contributed by atoms with Gasteiger partial charge in [-0.1, -0.05) is 29.8 Å². The normalized spacial score (nSPS) is 10.9. The Balaban J connectivity index is 2.34. The molecule has 1 aromatic carbocycles. The van der Waals surface area contributed by atoms with Crippen LogP contribution < -0.4 is 5.32 Å². The maximum Gasteiger partial charge on any atom is 0.411 e. The molecule has 4 heteroatoms. The molecule has 0 atom stereocenters. The molecule has 0 bridgehead atoms. The molecule has 0 aliphatic rings. The van der Waals surface area contributed by atoms with E-state index in [1.165, 1.54) is 0 Å². The molecule has 0 aliphatic heterocycles. The van der Waals surface area contributed by atoms with Gasteiger partial charge in [-0.15, -0.1) is 0 Å². The second-order valence-electron chi connectivity index (χ2n) is 2.88. The Morgan fingerprint density at radius 2 is 2.13 bits per heavy atom. The molecule has 0 fully saturated rings. The molecule has 1 N–H and O–H groups in total. The van der Waals surface area contributed by atoms with E-state index in [1.54, 1.807) is 25.1 Å². The molecule has 0 heterocycles. The number of carbonyl (C=O) groups is 1. The summed E-state index contributed by atoms with van der Waals surface area (Å²) in [6.07, 6.45) is 1.13. The lowest BCUT2D eigenvalue weighted by atomic mass is 10.3. The van der Waals surface area contributed by atoms with Crippen LogP contribution in [0.2, 0.25) is 0 Å². The minimum atomic E-state index is -0.490. The van der Waals surface area contributed by atoms with Crippen molar-refractivity contribution < 1.29 is 9.53 Å². The van der Waals surface area contributed by atoms with Crippen molar-refractivity contribution in [3.05, 3.63) is 41.4 Å². The van der Waals surface area contributed by atoms with Crippen molar-refractivity contribution in [2.24, 2.45) is 0 Å². The van der Waals surface area contributed by atoms with Crippen molar-refractivity contribution in [3.8, 4) is 0 Å². The molecular weight excluding hydrogens is 214 g/mol. The van der Waals surface area contributed by atoms with Crippen LogP contribution in [-0.2, 0) is 4.74 Å². The fraction of sp³-hybridized carbons (Fsp3) is 0.182. The van der Waals surface area contributed by atoms with Gasteiger partial charge in [0.15, 0.2) is 0 Å². The summed E-state index contributed by atoms with van der Waals surface area (Å²) < 4.78 is 4.85. The second-order valence-corrected chi connectivity index (χ2v) is 3.48. The Bertz CT molecular complexity index is 345. The predicted octanol–water partition coefficient (Wildman–Crippen LogP) is 3.38. The Labute approximate surface area is 93.7 Å². The zero-order valence-corrected chi connectivity index (χ0v) is 9.12. The standard InChI is InChI=1S/C11H12ClNO2/c1-9(12)7-8-15-11(14)13-10-5-3-2-4-6-10/h2-7H,8H2,1H3,(H,13,14)/b9-7-. The quantitative estimate of drug-likeness (QED) is 0.857. The molecule has 1 rings (SSSR count). The summed E-state index contributed by atoms with van der Waals surface area (Å²) in [6.45, 7) is 1.90. The number of benzene rings is 1. The fourth-order valence-corrected chi connectivity index (χ4v) is 0.971. The zero-order valence-electron chi connectivity index (χ0n) is 8.37. The number of rotatable bonds is 3. The van der Waals surface area contributed by atoms with E-state index < -0.39 is 6.09 Å². The van der Waals surface area contributed by atoms with Crippen molar-refractivity contribution in [1.82, 2.24) is 0 Å². The number of ether oxygens (including phenoxy) is 1. The van der Waals surface area contributed by atoms with Gasteiger partial charge in [0.25, 0.3) is 0 Å². The molecule has 1 amide bonds. The minimum Gasteiger partial charge on any atom is -0.445 e. The number of hydrogen-bond donors (Lipinski definition) is 1. The summed E-state index contributed by atoms with van der Waals surface area (Å²) in [7, 11) is 0. The monoisotopic (exact) mass is 225 g/mol. The molecule has 0 spiro atoms. The topological polar surface area (TPSA) is 38.3 Å². The third kappa shape index (κ3) is 5.08. The van der Waals surface area contributed by atoms with Crippen LogP contribution in [0, 0.1) is 0 Å². The number of halogens is 1. The fourth-order valence-electron chi connectivity index (χ4n) is 0.908. The second kappa shape index (κ2) is 6.09. The summed E-state index contributed by atoms with van der Waals surface area (Å²) in [6, 6.07) is 9.10. The summed E-state index contributed by atoms with van der Waals surface area (Å²) in [4.78, 5) is 11.2. The van der Waals surface area contributed by atoms with Gasteiger partial charge in [-0.3, -0.25) is 5.32 Å². The zero-order chi connectivity index (χ0) is 11.1. The first-order chi connectivity index (χ1) is 7.18. The molecule has 0 aliphatic carbocycles. The predicted molar refractivity (Wildman–Crippen MR) is 61.0 cm³/mol. The van der Waals surface area contributed by atoms with E-state index in [9.17, 15) is 4.79 Å². The largest absolute Gasteiger partial charge is 0.445 e. The van der Waals surface area contributed by atoms with Gasteiger partial charge in [-0.25, -0.2) is 4.79 Å². The molecule has 15 heavy (non-hydrogen) atoms. The van der Waals surface area contributed by atoms with E-state index in [1.807, 2.05) is 18.2 Å². The van der Waals surface area contributed by atoms with Gasteiger partial charge in [-0.2, -0.15) is 0 Å². The Morgan fingerprint density at radius 1 is 1.47 bits per heavy atom. The molecular formula is C11H12ClNO2. The highest BCUT2D eigenvalue weighted by Gasteiger charge is 2.00. The summed E-state index contributed by atoms with van der Waals surface area (Å²) >= 11 is 5.57. The maximum atomic E-state index is 11.2. The summed E-state index contributed by atoms with van der Waals surface area (Å²) in [5.74, 6) is 0. The van der Waals surface area contributed by atoms with Gasteiger partial charge < -0.3 is 4.74 Å². The lowest BCUT2D eigenvalue weighted by Crippen LogP contribution is -2.13. The van der Waals surface area contributed by atoms with Gasteiger partial charge in [0.1, 0.15) is 6.61 Å². The van der Waals surface area contributed by atoms with Crippen LogP contribution in [0.15, 0.2) is 41.4 Å². The van der Waals surface area contributed by atoms with Crippen molar-refractivity contribution in [2.45, 2.75) is 6.92 Å². The van der Waals surface area contributed by atoms with E-state index in [0.29, 0.717) is 10.7 Å². The number of hydrogen-bond acceptors (Lipinski definition) is 2. The average Bonchev–Trinajstić information content (AvgIpc) is 2.18. The van der Waals surface area contributed by atoms with Gasteiger partial charge in [0.05, 0.1) is 0 Å². The smallest absolute Gasteiger partial charge is 0.411 e. The molecule has 3 nitrogen and oxygen atoms in total. The lowest BCUT2D eigenvalue weighted by molar-refractivity contribution is 0.174. The van der Waals surface area contributed by atoms with E-state index in [4.69, 9.17) is 16.3 Å². The molecule has 0 radical (unpaired) electrons. The van der Waals surface area contributed by atoms with Crippen LogP contribution >= 0.6 is 11.6 Å². The van der Waals surface area contributed by atoms with E-state index >= 15 is 0 Å². The van der Waals surface area contributed by atoms with Crippen LogP contribution in [0.5, 0.6) is 0 Å². The van der Waals surface area contributed by atoms with Crippen molar-refractivity contribution in [2.75, 3.05) is 11.9 Å². The number of anilines is 1. The average molecular weight is 226 g/mol. The molecule has 80 valence electrons. The maximum absolute atomic E-state index is 11.2. The highest BCUT2D eigenvalue weighted by molar-refractivity contribution is 6.29. The van der Waals surface area contributed by atoms with Gasteiger partial charge >= 0.3 is 6.09 Å². The van der Waals surface area contributed by atoms with Gasteiger partial charge in [-0.05, 0) is 25.1 Å². The first-order valence-corrected chi connectivity index (χ1v) is 4.87. The van der Waals surface area contributed by atoms with Crippen molar-refractivity contribution >= 4 is 23.4 Å².